The molecule has 1 saturated heterocycles. The molecule has 1 saturated carbocycles. The third-order valence-corrected chi connectivity index (χ3v) is 4.76. The van der Waals surface area contributed by atoms with Gasteiger partial charge in [0.05, 0.1) is 16.7 Å². The Bertz CT molecular complexity index is 457. The highest BCUT2D eigenvalue weighted by molar-refractivity contribution is 9.10. The van der Waals surface area contributed by atoms with Gasteiger partial charge in [-0.3, -0.25) is 0 Å². The Kier molecular flexibility index (Phi) is 3.81. The highest BCUT2D eigenvalue weighted by atomic mass is 79.9. The van der Waals surface area contributed by atoms with Gasteiger partial charge in [0.1, 0.15) is 17.7 Å². The van der Waals surface area contributed by atoms with Crippen LogP contribution in [0.15, 0.2) is 22.7 Å². The number of hydrogen-bond acceptors (Lipinski definition) is 2. The zero-order valence-corrected chi connectivity index (χ0v) is 12.4. The van der Waals surface area contributed by atoms with Crippen LogP contribution in [0.2, 0.25) is 0 Å². The molecule has 2 nitrogen and oxygen atoms in total. The molecule has 104 valence electrons. The summed E-state index contributed by atoms with van der Waals surface area (Å²) < 4.78 is 25.6. The molecule has 0 bridgehead atoms. The molecule has 1 aromatic rings. The molecule has 0 aromatic heterocycles. The van der Waals surface area contributed by atoms with E-state index in [9.17, 15) is 4.39 Å². The Balaban J connectivity index is 1.67. The van der Waals surface area contributed by atoms with Gasteiger partial charge in [-0.15, -0.1) is 0 Å². The summed E-state index contributed by atoms with van der Waals surface area (Å²) >= 11 is 3.19. The Morgan fingerprint density at radius 1 is 1.32 bits per heavy atom. The van der Waals surface area contributed by atoms with Crippen LogP contribution in [0.25, 0.3) is 0 Å². The summed E-state index contributed by atoms with van der Waals surface area (Å²) in [7, 11) is 0. The normalized spacial score (nSPS) is 25.7. The Morgan fingerprint density at radius 3 is 2.84 bits per heavy atom. The number of hydrogen-bond donors (Lipinski definition) is 0. The molecular weight excluding hydrogens is 311 g/mol. The first-order valence-electron chi connectivity index (χ1n) is 6.93. The van der Waals surface area contributed by atoms with Crippen molar-refractivity contribution < 1.29 is 13.9 Å². The van der Waals surface area contributed by atoms with E-state index < -0.39 is 0 Å². The molecule has 1 aliphatic heterocycles. The zero-order chi connectivity index (χ0) is 13.3. The number of rotatable bonds is 2. The second-order valence-corrected chi connectivity index (χ2v) is 6.40. The number of benzene rings is 1. The van der Waals surface area contributed by atoms with E-state index in [0.29, 0.717) is 4.47 Å². The van der Waals surface area contributed by atoms with Crippen molar-refractivity contribution in [3.05, 3.63) is 28.5 Å². The van der Waals surface area contributed by atoms with Gasteiger partial charge in [0, 0.05) is 12.8 Å². The predicted octanol–water partition coefficient (Wildman–Crippen LogP) is 4.46. The van der Waals surface area contributed by atoms with Gasteiger partial charge in [0.15, 0.2) is 0 Å². The molecule has 1 aliphatic carbocycles. The summed E-state index contributed by atoms with van der Waals surface area (Å²) in [4.78, 5) is 0. The molecule has 1 unspecified atom stereocenters. The van der Waals surface area contributed by atoms with Crippen molar-refractivity contribution in [1.29, 1.82) is 0 Å². The first-order valence-corrected chi connectivity index (χ1v) is 7.72. The van der Waals surface area contributed by atoms with E-state index in [1.54, 1.807) is 12.1 Å². The van der Waals surface area contributed by atoms with Gasteiger partial charge in [0.25, 0.3) is 0 Å². The molecule has 1 atom stereocenters. The molecular formula is C15H18BrFO2. The maximum absolute atomic E-state index is 13.2. The molecule has 0 amide bonds. The van der Waals surface area contributed by atoms with Crippen LogP contribution in [0.1, 0.15) is 38.5 Å². The molecule has 1 spiro atoms. The van der Waals surface area contributed by atoms with E-state index >= 15 is 0 Å². The van der Waals surface area contributed by atoms with Gasteiger partial charge >= 0.3 is 0 Å². The van der Waals surface area contributed by atoms with Gasteiger partial charge in [-0.2, -0.15) is 0 Å². The molecule has 1 heterocycles. The van der Waals surface area contributed by atoms with Crippen LogP contribution in [0.4, 0.5) is 4.39 Å². The second-order valence-electron chi connectivity index (χ2n) is 5.55. The quantitative estimate of drug-likeness (QED) is 0.798. The zero-order valence-electron chi connectivity index (χ0n) is 10.8. The van der Waals surface area contributed by atoms with E-state index in [-0.39, 0.29) is 17.5 Å². The summed E-state index contributed by atoms with van der Waals surface area (Å²) in [6, 6.07) is 4.83. The lowest BCUT2D eigenvalue weighted by atomic mass is 9.90. The van der Waals surface area contributed by atoms with Crippen molar-refractivity contribution in [3.63, 3.8) is 0 Å². The SMILES string of the molecule is Fc1ccc(OC2CCOC3(CCCC3)C2)cc1Br. The Morgan fingerprint density at radius 2 is 2.11 bits per heavy atom. The summed E-state index contributed by atoms with van der Waals surface area (Å²) in [6.45, 7) is 0.771. The van der Waals surface area contributed by atoms with Crippen LogP contribution < -0.4 is 4.74 Å². The first-order chi connectivity index (χ1) is 9.17. The van der Waals surface area contributed by atoms with Crippen molar-refractivity contribution in [2.45, 2.75) is 50.2 Å². The fourth-order valence-corrected chi connectivity index (χ4v) is 3.55. The minimum Gasteiger partial charge on any atom is -0.490 e. The topological polar surface area (TPSA) is 18.5 Å². The maximum atomic E-state index is 13.2. The summed E-state index contributed by atoms with van der Waals surface area (Å²) in [5.41, 5.74) is 0.0557. The monoisotopic (exact) mass is 328 g/mol. The maximum Gasteiger partial charge on any atom is 0.137 e. The van der Waals surface area contributed by atoms with E-state index in [4.69, 9.17) is 9.47 Å². The van der Waals surface area contributed by atoms with Crippen molar-refractivity contribution in [2.24, 2.45) is 0 Å². The van der Waals surface area contributed by atoms with Gasteiger partial charge in [-0.1, -0.05) is 12.8 Å². The summed E-state index contributed by atoms with van der Waals surface area (Å²) in [6.07, 6.45) is 6.88. The molecule has 4 heteroatoms. The Labute approximate surface area is 121 Å². The van der Waals surface area contributed by atoms with Crippen LogP contribution >= 0.6 is 15.9 Å². The molecule has 2 fully saturated rings. The van der Waals surface area contributed by atoms with Crippen LogP contribution in [0.5, 0.6) is 5.75 Å². The van der Waals surface area contributed by atoms with Gasteiger partial charge < -0.3 is 9.47 Å². The molecule has 3 rings (SSSR count). The number of halogens is 2. The standard InChI is InChI=1S/C15H18BrFO2/c16-13-9-11(3-4-14(13)17)19-12-5-8-18-15(10-12)6-1-2-7-15/h3-4,9,12H,1-2,5-8,10H2. The predicted molar refractivity (Wildman–Crippen MR) is 74.9 cm³/mol. The van der Waals surface area contributed by atoms with Crippen LogP contribution in [0.3, 0.4) is 0 Å². The molecule has 0 N–H and O–H groups in total. The largest absolute Gasteiger partial charge is 0.490 e. The third-order valence-electron chi connectivity index (χ3n) is 4.16. The summed E-state index contributed by atoms with van der Waals surface area (Å²) in [5, 5.41) is 0. The average Bonchev–Trinajstić information content (AvgIpc) is 2.82. The molecule has 0 radical (unpaired) electrons. The number of ether oxygens (including phenoxy) is 2. The molecule has 2 aliphatic rings. The van der Waals surface area contributed by atoms with Crippen molar-refractivity contribution in [1.82, 2.24) is 0 Å². The minimum atomic E-state index is -0.258. The van der Waals surface area contributed by atoms with Crippen LogP contribution in [-0.2, 0) is 4.74 Å². The van der Waals surface area contributed by atoms with E-state index in [0.717, 1.165) is 38.0 Å². The molecule has 19 heavy (non-hydrogen) atoms. The third kappa shape index (κ3) is 2.95. The summed E-state index contributed by atoms with van der Waals surface area (Å²) in [5.74, 6) is 0.472. The fourth-order valence-electron chi connectivity index (χ4n) is 3.19. The lowest BCUT2D eigenvalue weighted by Crippen LogP contribution is -2.41. The average molecular weight is 329 g/mol. The fraction of sp³-hybridized carbons (Fsp3) is 0.600. The van der Waals surface area contributed by atoms with Crippen molar-refractivity contribution >= 4 is 15.9 Å². The van der Waals surface area contributed by atoms with Crippen LogP contribution in [-0.4, -0.2) is 18.3 Å². The van der Waals surface area contributed by atoms with Crippen LogP contribution in [0, 0.1) is 5.82 Å². The smallest absolute Gasteiger partial charge is 0.137 e. The lowest BCUT2D eigenvalue weighted by molar-refractivity contribution is -0.108. The van der Waals surface area contributed by atoms with E-state index in [2.05, 4.69) is 15.9 Å². The van der Waals surface area contributed by atoms with Gasteiger partial charge in [-0.25, -0.2) is 4.39 Å². The van der Waals surface area contributed by atoms with E-state index in [1.165, 1.54) is 18.9 Å². The highest BCUT2D eigenvalue weighted by Crippen LogP contribution is 2.41. The van der Waals surface area contributed by atoms with Crippen molar-refractivity contribution in [3.8, 4) is 5.75 Å². The van der Waals surface area contributed by atoms with Gasteiger partial charge in [0.2, 0.25) is 0 Å². The highest BCUT2D eigenvalue weighted by Gasteiger charge is 2.40. The first kappa shape index (κ1) is 13.4. The van der Waals surface area contributed by atoms with E-state index in [1.807, 2.05) is 0 Å². The van der Waals surface area contributed by atoms with Gasteiger partial charge in [-0.05, 0) is 47.0 Å². The minimum absolute atomic E-state index is 0.0557. The molecule has 1 aromatic carbocycles. The van der Waals surface area contributed by atoms with Crippen molar-refractivity contribution in [2.75, 3.05) is 6.61 Å². The lowest BCUT2D eigenvalue weighted by Gasteiger charge is -2.38. The Hall–Kier alpha value is -0.610. The second kappa shape index (κ2) is 5.41.